The van der Waals surface area contributed by atoms with E-state index in [1.807, 2.05) is 18.2 Å². The Morgan fingerprint density at radius 3 is 2.32 bits per heavy atom. The molecule has 0 heterocycles. The van der Waals surface area contributed by atoms with Gasteiger partial charge in [-0.1, -0.05) is 65.7 Å². The van der Waals surface area contributed by atoms with Crippen LogP contribution in [0.5, 0.6) is 0 Å². The van der Waals surface area contributed by atoms with E-state index in [0.29, 0.717) is 26.7 Å². The molecular formula is C24H25Cl2N3O4S. The maximum absolute atomic E-state index is 13.5. The van der Waals surface area contributed by atoms with Crippen LogP contribution < -0.4 is 9.62 Å². The number of fused-ring (bicyclic) bond motifs is 1. The number of amides is 2. The molecule has 3 aromatic carbocycles. The number of anilines is 1. The fourth-order valence-corrected chi connectivity index (χ4v) is 4.83. The number of sulfonamides is 1. The molecule has 0 aliphatic rings. The van der Waals surface area contributed by atoms with Gasteiger partial charge in [0.15, 0.2) is 0 Å². The fraction of sp³-hybridized carbons (Fsp3) is 0.250. The number of hydrogen-bond donors (Lipinski definition) is 1. The number of benzene rings is 3. The molecule has 1 N–H and O–H groups in total. The average molecular weight is 522 g/mol. The van der Waals surface area contributed by atoms with Gasteiger partial charge in [-0.2, -0.15) is 0 Å². The molecule has 0 radical (unpaired) electrons. The van der Waals surface area contributed by atoms with E-state index in [1.54, 1.807) is 49.4 Å². The SMILES string of the molecule is CNC(=O)[C@H](C)N(Cc1ccc(Cl)c(Cl)c1)C(=O)CN(c1cccc2ccccc12)S(C)(=O)=O. The van der Waals surface area contributed by atoms with Crippen LogP contribution in [0.3, 0.4) is 0 Å². The van der Waals surface area contributed by atoms with Gasteiger partial charge in [0, 0.05) is 19.0 Å². The van der Waals surface area contributed by atoms with Crippen molar-refractivity contribution >= 4 is 61.5 Å². The molecule has 1 atom stereocenters. The van der Waals surface area contributed by atoms with E-state index in [9.17, 15) is 18.0 Å². The van der Waals surface area contributed by atoms with E-state index in [-0.39, 0.29) is 12.5 Å². The molecule has 2 amide bonds. The monoisotopic (exact) mass is 521 g/mol. The molecule has 0 fully saturated rings. The molecule has 10 heteroatoms. The second-order valence-corrected chi connectivity index (χ2v) is 10.5. The highest BCUT2D eigenvalue weighted by Gasteiger charge is 2.30. The number of rotatable bonds is 8. The first kappa shape index (κ1) is 25.8. The van der Waals surface area contributed by atoms with Gasteiger partial charge < -0.3 is 10.2 Å². The van der Waals surface area contributed by atoms with Crippen LogP contribution in [-0.4, -0.2) is 51.0 Å². The third-order valence-electron chi connectivity index (χ3n) is 5.47. The standard InChI is InChI=1S/C24H25Cl2N3O4S/c1-16(24(31)27-2)28(14-17-11-12-20(25)21(26)13-17)23(30)15-29(34(3,32)33)22-10-6-8-18-7-4-5-9-19(18)22/h4-13,16H,14-15H2,1-3H3,(H,27,31)/t16-/m0/s1. The summed E-state index contributed by atoms with van der Waals surface area (Å²) < 4.78 is 26.6. The molecule has 0 aliphatic carbocycles. The van der Waals surface area contributed by atoms with Gasteiger partial charge in [-0.05, 0) is 36.1 Å². The topological polar surface area (TPSA) is 86.8 Å². The Morgan fingerprint density at radius 1 is 1.00 bits per heavy atom. The van der Waals surface area contributed by atoms with Crippen molar-refractivity contribution in [3.05, 3.63) is 76.3 Å². The zero-order valence-corrected chi connectivity index (χ0v) is 21.3. The number of halogens is 2. The third-order valence-corrected chi connectivity index (χ3v) is 7.33. The van der Waals surface area contributed by atoms with Crippen LogP contribution >= 0.6 is 23.2 Å². The van der Waals surface area contributed by atoms with Gasteiger partial charge >= 0.3 is 0 Å². The molecular weight excluding hydrogens is 497 g/mol. The van der Waals surface area contributed by atoms with Gasteiger partial charge in [-0.15, -0.1) is 0 Å². The van der Waals surface area contributed by atoms with Crippen LogP contribution in [0.2, 0.25) is 10.0 Å². The fourth-order valence-electron chi connectivity index (χ4n) is 3.65. The van der Waals surface area contributed by atoms with Gasteiger partial charge in [-0.3, -0.25) is 13.9 Å². The van der Waals surface area contributed by atoms with Gasteiger partial charge in [0.2, 0.25) is 21.8 Å². The van der Waals surface area contributed by atoms with E-state index in [4.69, 9.17) is 23.2 Å². The van der Waals surface area contributed by atoms with Gasteiger partial charge in [-0.25, -0.2) is 8.42 Å². The summed E-state index contributed by atoms with van der Waals surface area (Å²) in [6.07, 6.45) is 1.05. The number of nitrogens with zero attached hydrogens (tertiary/aromatic N) is 2. The number of hydrogen-bond acceptors (Lipinski definition) is 4. The lowest BCUT2D eigenvalue weighted by Gasteiger charge is -2.31. The quantitative estimate of drug-likeness (QED) is 0.483. The molecule has 0 aromatic heterocycles. The maximum Gasteiger partial charge on any atom is 0.244 e. The van der Waals surface area contributed by atoms with Crippen LogP contribution in [-0.2, 0) is 26.2 Å². The number of nitrogens with one attached hydrogen (secondary N) is 1. The molecule has 34 heavy (non-hydrogen) atoms. The maximum atomic E-state index is 13.5. The van der Waals surface area contributed by atoms with E-state index in [1.165, 1.54) is 11.9 Å². The molecule has 0 saturated heterocycles. The van der Waals surface area contributed by atoms with Crippen molar-refractivity contribution in [2.45, 2.75) is 19.5 Å². The number of carbonyl (C=O) groups is 2. The first-order valence-corrected chi connectivity index (χ1v) is 13.0. The summed E-state index contributed by atoms with van der Waals surface area (Å²) in [6, 6.07) is 16.6. The van der Waals surface area contributed by atoms with Crippen molar-refractivity contribution in [1.82, 2.24) is 10.2 Å². The van der Waals surface area contributed by atoms with E-state index in [0.717, 1.165) is 15.9 Å². The van der Waals surface area contributed by atoms with Gasteiger partial charge in [0.1, 0.15) is 12.6 Å². The lowest BCUT2D eigenvalue weighted by atomic mass is 10.1. The summed E-state index contributed by atoms with van der Waals surface area (Å²) in [5.41, 5.74) is 1.03. The van der Waals surface area contributed by atoms with Crippen molar-refractivity contribution in [1.29, 1.82) is 0 Å². The third kappa shape index (κ3) is 5.81. The molecule has 3 rings (SSSR count). The Bertz CT molecular complexity index is 1330. The normalized spacial score (nSPS) is 12.3. The smallest absolute Gasteiger partial charge is 0.244 e. The highest BCUT2D eigenvalue weighted by atomic mass is 35.5. The number of carbonyl (C=O) groups excluding carboxylic acids is 2. The number of likely N-dealkylation sites (N-methyl/N-ethyl adjacent to an activating group) is 1. The predicted octanol–water partition coefficient (Wildman–Crippen LogP) is 4.08. The Hall–Kier alpha value is -2.81. The molecule has 3 aromatic rings. The highest BCUT2D eigenvalue weighted by Crippen LogP contribution is 2.29. The summed E-state index contributed by atoms with van der Waals surface area (Å²) in [7, 11) is -2.36. The Kier molecular flexibility index (Phi) is 8.07. The van der Waals surface area contributed by atoms with E-state index < -0.39 is 28.5 Å². The lowest BCUT2D eigenvalue weighted by molar-refractivity contribution is -0.139. The average Bonchev–Trinajstić information content (AvgIpc) is 2.81. The van der Waals surface area contributed by atoms with E-state index >= 15 is 0 Å². The molecule has 0 unspecified atom stereocenters. The van der Waals surface area contributed by atoms with Crippen molar-refractivity contribution in [2.24, 2.45) is 0 Å². The largest absolute Gasteiger partial charge is 0.357 e. The first-order chi connectivity index (χ1) is 16.0. The van der Waals surface area contributed by atoms with Crippen molar-refractivity contribution in [3.63, 3.8) is 0 Å². The lowest BCUT2D eigenvalue weighted by Crippen LogP contribution is -2.50. The Morgan fingerprint density at radius 2 is 1.68 bits per heavy atom. The van der Waals surface area contributed by atoms with Gasteiger partial charge in [0.25, 0.3) is 0 Å². The summed E-state index contributed by atoms with van der Waals surface area (Å²) in [4.78, 5) is 27.2. The molecule has 0 bridgehead atoms. The second kappa shape index (κ2) is 10.6. The molecule has 180 valence electrons. The first-order valence-electron chi connectivity index (χ1n) is 10.4. The Labute approximate surface area is 209 Å². The van der Waals surface area contributed by atoms with Crippen LogP contribution in [0.15, 0.2) is 60.7 Å². The summed E-state index contributed by atoms with van der Waals surface area (Å²) in [5, 5.41) is 4.74. The molecule has 0 spiro atoms. The summed E-state index contributed by atoms with van der Waals surface area (Å²) >= 11 is 12.1. The van der Waals surface area contributed by atoms with Crippen molar-refractivity contribution in [2.75, 3.05) is 24.2 Å². The van der Waals surface area contributed by atoms with Crippen molar-refractivity contribution < 1.29 is 18.0 Å². The second-order valence-electron chi connectivity index (χ2n) is 7.83. The minimum absolute atomic E-state index is 0.0391. The summed E-state index contributed by atoms with van der Waals surface area (Å²) in [5.74, 6) is -0.926. The minimum atomic E-state index is -3.83. The van der Waals surface area contributed by atoms with Gasteiger partial charge in [0.05, 0.1) is 22.0 Å². The van der Waals surface area contributed by atoms with E-state index in [2.05, 4.69) is 5.32 Å². The van der Waals surface area contributed by atoms with Crippen LogP contribution in [0, 0.1) is 0 Å². The zero-order valence-electron chi connectivity index (χ0n) is 19.0. The predicted molar refractivity (Wildman–Crippen MR) is 137 cm³/mol. The minimum Gasteiger partial charge on any atom is -0.357 e. The zero-order chi connectivity index (χ0) is 25.0. The molecule has 7 nitrogen and oxygen atoms in total. The summed E-state index contributed by atoms with van der Waals surface area (Å²) in [6.45, 7) is 1.14. The van der Waals surface area contributed by atoms with Crippen LogP contribution in [0.4, 0.5) is 5.69 Å². The van der Waals surface area contributed by atoms with Crippen LogP contribution in [0.25, 0.3) is 10.8 Å². The van der Waals surface area contributed by atoms with Crippen LogP contribution in [0.1, 0.15) is 12.5 Å². The Balaban J connectivity index is 2.00. The van der Waals surface area contributed by atoms with Crippen molar-refractivity contribution in [3.8, 4) is 0 Å². The molecule has 0 saturated carbocycles. The molecule has 0 aliphatic heterocycles. The highest BCUT2D eigenvalue weighted by molar-refractivity contribution is 7.92.